The van der Waals surface area contributed by atoms with Gasteiger partial charge in [0.1, 0.15) is 16.7 Å². The zero-order valence-electron chi connectivity index (χ0n) is 18.5. The van der Waals surface area contributed by atoms with Gasteiger partial charge in [-0.25, -0.2) is 4.99 Å². The molecular weight excluding hydrogens is 444 g/mol. The van der Waals surface area contributed by atoms with Crippen LogP contribution >= 0.6 is 11.8 Å². The fourth-order valence-corrected chi connectivity index (χ4v) is 4.97. The highest BCUT2D eigenvalue weighted by Gasteiger charge is 2.46. The summed E-state index contributed by atoms with van der Waals surface area (Å²) in [5.41, 5.74) is 2.72. The molecule has 4 rings (SSSR count). The van der Waals surface area contributed by atoms with Crippen molar-refractivity contribution in [3.63, 3.8) is 0 Å². The number of carbonyl (C=O) groups is 2. The van der Waals surface area contributed by atoms with Gasteiger partial charge in [0.25, 0.3) is 5.69 Å². The summed E-state index contributed by atoms with van der Waals surface area (Å²) in [7, 11) is 1.41. The molecule has 2 aromatic rings. The Morgan fingerprint density at radius 3 is 2.55 bits per heavy atom. The Morgan fingerprint density at radius 2 is 1.94 bits per heavy atom. The van der Waals surface area contributed by atoms with Crippen LogP contribution in [0.5, 0.6) is 5.75 Å². The molecule has 10 heteroatoms. The lowest BCUT2D eigenvalue weighted by Crippen LogP contribution is -2.35. The van der Waals surface area contributed by atoms with E-state index in [4.69, 9.17) is 9.73 Å². The number of carbonyl (C=O) groups excluding carboxylic acids is 2. The average Bonchev–Trinajstić information content (AvgIpc) is 3.53. The number of nitrogens with zero attached hydrogens (tertiary/aromatic N) is 3. The monoisotopic (exact) mass is 468 g/mol. The summed E-state index contributed by atoms with van der Waals surface area (Å²) in [5.74, 6) is -0.309. The largest absolute Gasteiger partial charge is 0.496 e. The second-order valence-electron chi connectivity index (χ2n) is 8.18. The number of amides is 2. The molecule has 0 spiro atoms. The van der Waals surface area contributed by atoms with Gasteiger partial charge >= 0.3 is 0 Å². The number of methoxy groups -OCH3 is 1. The number of benzene rings is 2. The predicted molar refractivity (Wildman–Crippen MR) is 127 cm³/mol. The van der Waals surface area contributed by atoms with Crippen molar-refractivity contribution in [1.29, 1.82) is 0 Å². The number of aliphatic imine (C=N–C) groups is 1. The maximum absolute atomic E-state index is 13.1. The molecule has 2 amide bonds. The highest BCUT2D eigenvalue weighted by molar-refractivity contribution is 8.15. The molecule has 2 aliphatic rings. The smallest absolute Gasteiger partial charge is 0.296 e. The molecule has 1 N–H and O–H groups in total. The van der Waals surface area contributed by atoms with Gasteiger partial charge in [0.05, 0.1) is 23.8 Å². The van der Waals surface area contributed by atoms with E-state index in [1.807, 2.05) is 26.0 Å². The van der Waals surface area contributed by atoms with Gasteiger partial charge in [-0.05, 0) is 62.1 Å². The normalized spacial score (nSPS) is 19.1. The number of aryl methyl sites for hydroxylation is 2. The lowest BCUT2D eigenvalue weighted by molar-refractivity contribution is -0.384. The lowest BCUT2D eigenvalue weighted by Gasteiger charge is -2.15. The minimum Gasteiger partial charge on any atom is -0.496 e. The van der Waals surface area contributed by atoms with Crippen LogP contribution < -0.4 is 10.1 Å². The van der Waals surface area contributed by atoms with Gasteiger partial charge in [0, 0.05) is 12.5 Å². The van der Waals surface area contributed by atoms with Crippen LogP contribution in [0.1, 0.15) is 30.4 Å². The van der Waals surface area contributed by atoms with E-state index >= 15 is 0 Å². The molecule has 1 atom stereocenters. The molecule has 172 valence electrons. The van der Waals surface area contributed by atoms with Gasteiger partial charge < -0.3 is 10.1 Å². The maximum Gasteiger partial charge on any atom is 0.296 e. The lowest BCUT2D eigenvalue weighted by atomic mass is 10.1. The quantitative estimate of drug-likeness (QED) is 0.477. The summed E-state index contributed by atoms with van der Waals surface area (Å²) < 4.78 is 5.02. The first-order valence-electron chi connectivity index (χ1n) is 10.5. The van der Waals surface area contributed by atoms with Crippen LogP contribution in [0.3, 0.4) is 0 Å². The van der Waals surface area contributed by atoms with Crippen molar-refractivity contribution in [2.75, 3.05) is 12.4 Å². The highest BCUT2D eigenvalue weighted by Crippen LogP contribution is 2.40. The third-order valence-corrected chi connectivity index (χ3v) is 6.51. The molecule has 0 aromatic heterocycles. The van der Waals surface area contributed by atoms with Gasteiger partial charge in [0.2, 0.25) is 11.8 Å². The first kappa shape index (κ1) is 22.8. The molecule has 1 unspecified atom stereocenters. The van der Waals surface area contributed by atoms with Gasteiger partial charge in [-0.1, -0.05) is 17.8 Å². The Labute approximate surface area is 195 Å². The summed E-state index contributed by atoms with van der Waals surface area (Å²) in [6.45, 7) is 3.99. The van der Waals surface area contributed by atoms with E-state index in [-0.39, 0.29) is 29.7 Å². The van der Waals surface area contributed by atoms with E-state index < -0.39 is 16.1 Å². The fourth-order valence-electron chi connectivity index (χ4n) is 3.75. The number of nitro benzene ring substituents is 1. The highest BCUT2D eigenvalue weighted by atomic mass is 32.2. The Hall–Kier alpha value is -3.40. The number of anilines is 1. The van der Waals surface area contributed by atoms with Crippen molar-refractivity contribution in [1.82, 2.24) is 4.90 Å². The second-order valence-corrected chi connectivity index (χ2v) is 9.35. The number of hydrogen-bond acceptors (Lipinski definition) is 7. The molecule has 1 saturated heterocycles. The maximum atomic E-state index is 13.1. The van der Waals surface area contributed by atoms with Crippen molar-refractivity contribution in [3.8, 4) is 5.75 Å². The van der Waals surface area contributed by atoms with Crippen molar-refractivity contribution in [3.05, 3.63) is 57.6 Å². The Bertz CT molecular complexity index is 1140. The van der Waals surface area contributed by atoms with Crippen molar-refractivity contribution < 1.29 is 19.2 Å². The molecule has 1 aliphatic heterocycles. The number of rotatable bonds is 7. The summed E-state index contributed by atoms with van der Waals surface area (Å²) >= 11 is 1.27. The van der Waals surface area contributed by atoms with Crippen molar-refractivity contribution >= 4 is 45.8 Å². The zero-order chi connectivity index (χ0) is 23.7. The fraction of sp³-hybridized carbons (Fsp3) is 0.348. The molecule has 9 nitrogen and oxygen atoms in total. The van der Waals surface area contributed by atoms with Crippen molar-refractivity contribution in [2.45, 2.75) is 44.4 Å². The summed E-state index contributed by atoms with van der Waals surface area (Å²) in [6.07, 6.45) is 1.71. The van der Waals surface area contributed by atoms with Crippen LogP contribution in [-0.4, -0.2) is 45.2 Å². The van der Waals surface area contributed by atoms with Gasteiger partial charge in [-0.2, -0.15) is 0 Å². The SMILES string of the molecule is COc1ccc(NC(=O)CC2SC(=Nc3cc(C)cc(C)c3)N(C3CC3)C2=O)c([N+](=O)[O-])c1. The second kappa shape index (κ2) is 9.22. The number of nitro groups is 1. The Morgan fingerprint density at radius 1 is 1.24 bits per heavy atom. The third kappa shape index (κ3) is 5.16. The predicted octanol–water partition coefficient (Wildman–Crippen LogP) is 4.34. The molecule has 2 fully saturated rings. The first-order chi connectivity index (χ1) is 15.7. The average molecular weight is 469 g/mol. The van der Waals surface area contributed by atoms with Crippen LogP contribution in [0.2, 0.25) is 0 Å². The Kier molecular flexibility index (Phi) is 6.37. The van der Waals surface area contributed by atoms with Gasteiger partial charge in [-0.15, -0.1) is 0 Å². The number of ether oxygens (including phenoxy) is 1. The number of thioether (sulfide) groups is 1. The molecule has 2 aromatic carbocycles. The molecule has 0 bridgehead atoms. The topological polar surface area (TPSA) is 114 Å². The van der Waals surface area contributed by atoms with E-state index in [0.29, 0.717) is 10.9 Å². The number of nitrogens with one attached hydrogen (secondary N) is 1. The van der Waals surface area contributed by atoms with Gasteiger partial charge in [-0.3, -0.25) is 24.6 Å². The first-order valence-corrected chi connectivity index (χ1v) is 11.4. The molecule has 33 heavy (non-hydrogen) atoms. The minimum absolute atomic E-state index is 0.0596. The summed E-state index contributed by atoms with van der Waals surface area (Å²) in [5, 5.41) is 13.9. The Balaban J connectivity index is 1.52. The van der Waals surface area contributed by atoms with E-state index in [1.54, 1.807) is 4.90 Å². The van der Waals surface area contributed by atoms with Gasteiger partial charge in [0.15, 0.2) is 5.17 Å². The van der Waals surface area contributed by atoms with Crippen LogP contribution in [0.4, 0.5) is 17.1 Å². The summed E-state index contributed by atoms with van der Waals surface area (Å²) in [6, 6.07) is 10.3. The van der Waals surface area contributed by atoms with E-state index in [0.717, 1.165) is 29.7 Å². The van der Waals surface area contributed by atoms with Crippen LogP contribution in [0.25, 0.3) is 0 Å². The summed E-state index contributed by atoms with van der Waals surface area (Å²) in [4.78, 5) is 43.0. The molecule has 1 aliphatic carbocycles. The minimum atomic E-state index is -0.632. The number of hydrogen-bond donors (Lipinski definition) is 1. The third-order valence-electron chi connectivity index (χ3n) is 5.36. The van der Waals surface area contributed by atoms with Crippen molar-refractivity contribution in [2.24, 2.45) is 4.99 Å². The van der Waals surface area contributed by atoms with Crippen LogP contribution in [-0.2, 0) is 9.59 Å². The van der Waals surface area contributed by atoms with E-state index in [1.165, 1.54) is 37.1 Å². The van der Waals surface area contributed by atoms with E-state index in [2.05, 4.69) is 11.4 Å². The van der Waals surface area contributed by atoms with Crippen LogP contribution in [0.15, 0.2) is 41.4 Å². The molecule has 1 heterocycles. The molecule has 1 saturated carbocycles. The van der Waals surface area contributed by atoms with Crippen LogP contribution in [0, 0.1) is 24.0 Å². The molecular formula is C23H24N4O5S. The zero-order valence-corrected chi connectivity index (χ0v) is 19.3. The molecule has 0 radical (unpaired) electrons. The standard InChI is InChI=1S/C23H24N4O5S/c1-13-8-14(2)10-15(9-13)24-23-26(16-4-5-16)22(29)20(33-23)12-21(28)25-18-7-6-17(32-3)11-19(18)27(30)31/h6-11,16,20H,4-5,12H2,1-3H3,(H,25,28). The number of amidine groups is 1. The van der Waals surface area contributed by atoms with E-state index in [9.17, 15) is 19.7 Å².